The molecule has 0 N–H and O–H groups in total. The Balaban J connectivity index is 0.000000162. The van der Waals surface area contributed by atoms with Crippen LogP contribution in [0.15, 0.2) is 66.7 Å². The summed E-state index contributed by atoms with van der Waals surface area (Å²) >= 11 is 0. The number of nitro benzene ring substituents is 1. The van der Waals surface area contributed by atoms with Gasteiger partial charge in [0.1, 0.15) is 0 Å². The number of hydrogen-bond acceptors (Lipinski definition) is 2. The van der Waals surface area contributed by atoms with E-state index in [9.17, 15) is 10.1 Å². The van der Waals surface area contributed by atoms with E-state index in [1.54, 1.807) is 18.2 Å². The standard InChI is InChI=1S/C6H5NO2.C6H6/c8-7(9)6-4-2-1-3-5-6;1-2-4-6-5-3-1/h1-5H;1-6H. The smallest absolute Gasteiger partial charge is 0.258 e. The van der Waals surface area contributed by atoms with Crippen LogP contribution < -0.4 is 0 Å². The Bertz CT molecular complexity index is 360. The summed E-state index contributed by atoms with van der Waals surface area (Å²) in [5.74, 6) is 0. The van der Waals surface area contributed by atoms with Crippen LogP contribution in [0.25, 0.3) is 0 Å². The van der Waals surface area contributed by atoms with Crippen molar-refractivity contribution >= 4 is 5.69 Å². The third-order valence-electron chi connectivity index (χ3n) is 1.63. The second-order valence-corrected chi connectivity index (χ2v) is 2.75. The van der Waals surface area contributed by atoms with E-state index in [4.69, 9.17) is 0 Å². The zero-order valence-corrected chi connectivity index (χ0v) is 8.11. The minimum atomic E-state index is -0.417. The molecule has 0 atom stereocenters. The van der Waals surface area contributed by atoms with Crippen molar-refractivity contribution < 1.29 is 4.92 Å². The zero-order valence-electron chi connectivity index (χ0n) is 8.11. The molecule has 0 aliphatic rings. The third kappa shape index (κ3) is 4.57. The van der Waals surface area contributed by atoms with Crippen LogP contribution in [0.1, 0.15) is 0 Å². The molecule has 0 heterocycles. The highest BCUT2D eigenvalue weighted by Gasteiger charge is 1.98. The molecule has 0 spiro atoms. The lowest BCUT2D eigenvalue weighted by atomic mass is 10.3. The molecule has 0 unspecified atom stereocenters. The first-order valence-corrected chi connectivity index (χ1v) is 4.50. The average molecular weight is 201 g/mol. The van der Waals surface area contributed by atoms with Crippen molar-refractivity contribution in [3.8, 4) is 0 Å². The number of para-hydroxylation sites is 1. The molecule has 0 saturated carbocycles. The van der Waals surface area contributed by atoms with Crippen molar-refractivity contribution in [3.05, 3.63) is 76.8 Å². The molecule has 0 aliphatic carbocycles. The normalized spacial score (nSPS) is 8.53. The van der Waals surface area contributed by atoms with Crippen molar-refractivity contribution in [2.75, 3.05) is 0 Å². The summed E-state index contributed by atoms with van der Waals surface area (Å²) < 4.78 is 0. The van der Waals surface area contributed by atoms with E-state index in [0.29, 0.717) is 0 Å². The highest BCUT2D eigenvalue weighted by atomic mass is 16.6. The molecule has 2 rings (SSSR count). The highest BCUT2D eigenvalue weighted by Crippen LogP contribution is 2.06. The van der Waals surface area contributed by atoms with Gasteiger partial charge in [-0.1, -0.05) is 54.6 Å². The van der Waals surface area contributed by atoms with Gasteiger partial charge in [-0.05, 0) is 0 Å². The quantitative estimate of drug-likeness (QED) is 0.525. The van der Waals surface area contributed by atoms with Gasteiger partial charge in [-0.25, -0.2) is 0 Å². The summed E-state index contributed by atoms with van der Waals surface area (Å²) in [7, 11) is 0. The Morgan fingerprint density at radius 2 is 1.07 bits per heavy atom. The first-order valence-electron chi connectivity index (χ1n) is 4.50. The Hall–Kier alpha value is -2.16. The van der Waals surface area contributed by atoms with Crippen LogP contribution >= 0.6 is 0 Å². The lowest BCUT2D eigenvalue weighted by Gasteiger charge is -1.85. The zero-order chi connectivity index (χ0) is 10.9. The fourth-order valence-electron chi connectivity index (χ4n) is 0.935. The molecule has 0 bridgehead atoms. The van der Waals surface area contributed by atoms with E-state index in [-0.39, 0.29) is 5.69 Å². The SMILES string of the molecule is O=[N+]([O-])c1ccccc1.c1ccccc1. The maximum absolute atomic E-state index is 10.0. The van der Waals surface area contributed by atoms with Crippen LogP contribution in [-0.4, -0.2) is 4.92 Å². The summed E-state index contributed by atoms with van der Waals surface area (Å²) in [6.07, 6.45) is 0. The van der Waals surface area contributed by atoms with Gasteiger partial charge in [-0.15, -0.1) is 0 Å². The average Bonchev–Trinajstić information content (AvgIpc) is 2.33. The first-order chi connectivity index (χ1) is 7.30. The largest absolute Gasteiger partial charge is 0.269 e. The van der Waals surface area contributed by atoms with Crippen LogP contribution in [0.3, 0.4) is 0 Å². The molecule has 2 aromatic carbocycles. The summed E-state index contributed by atoms with van der Waals surface area (Å²) in [6, 6.07) is 19.9. The molecule has 0 amide bonds. The van der Waals surface area contributed by atoms with Gasteiger partial charge in [0, 0.05) is 12.1 Å². The van der Waals surface area contributed by atoms with E-state index >= 15 is 0 Å². The van der Waals surface area contributed by atoms with E-state index in [0.717, 1.165) is 0 Å². The van der Waals surface area contributed by atoms with Gasteiger partial charge < -0.3 is 0 Å². The lowest BCUT2D eigenvalue weighted by molar-refractivity contribution is -0.384. The summed E-state index contributed by atoms with van der Waals surface area (Å²) in [5, 5.41) is 10.0. The van der Waals surface area contributed by atoms with Crippen molar-refractivity contribution in [2.45, 2.75) is 0 Å². The van der Waals surface area contributed by atoms with Gasteiger partial charge in [0.25, 0.3) is 5.69 Å². The fourth-order valence-corrected chi connectivity index (χ4v) is 0.935. The molecule has 0 fully saturated rings. The number of hydrogen-bond donors (Lipinski definition) is 0. The molecule has 76 valence electrons. The molecule has 0 aliphatic heterocycles. The lowest BCUT2D eigenvalue weighted by Crippen LogP contribution is -1.84. The van der Waals surface area contributed by atoms with Gasteiger partial charge in [-0.2, -0.15) is 0 Å². The van der Waals surface area contributed by atoms with Crippen molar-refractivity contribution in [1.29, 1.82) is 0 Å². The third-order valence-corrected chi connectivity index (χ3v) is 1.63. The van der Waals surface area contributed by atoms with Crippen LogP contribution in [0.2, 0.25) is 0 Å². The van der Waals surface area contributed by atoms with E-state index < -0.39 is 4.92 Å². The Morgan fingerprint density at radius 3 is 1.33 bits per heavy atom. The second kappa shape index (κ2) is 6.32. The minimum Gasteiger partial charge on any atom is -0.258 e. The minimum absolute atomic E-state index is 0.137. The predicted molar refractivity (Wildman–Crippen MR) is 59.5 cm³/mol. The maximum Gasteiger partial charge on any atom is 0.269 e. The maximum atomic E-state index is 10.0. The summed E-state index contributed by atoms with van der Waals surface area (Å²) in [5.41, 5.74) is 0.137. The Morgan fingerprint density at radius 1 is 0.733 bits per heavy atom. The van der Waals surface area contributed by atoms with Crippen LogP contribution in [0.5, 0.6) is 0 Å². The molecule has 3 heteroatoms. The number of nitro groups is 1. The summed E-state index contributed by atoms with van der Waals surface area (Å²) in [6.45, 7) is 0. The number of nitrogens with zero attached hydrogens (tertiary/aromatic N) is 1. The number of non-ortho nitro benzene ring substituents is 1. The Labute approximate surface area is 88.1 Å². The van der Waals surface area contributed by atoms with Gasteiger partial charge >= 0.3 is 0 Å². The van der Waals surface area contributed by atoms with Crippen LogP contribution in [0, 0.1) is 10.1 Å². The predicted octanol–water partition coefficient (Wildman–Crippen LogP) is 3.28. The van der Waals surface area contributed by atoms with Gasteiger partial charge in [0.2, 0.25) is 0 Å². The molecular formula is C12H11NO2. The second-order valence-electron chi connectivity index (χ2n) is 2.75. The van der Waals surface area contributed by atoms with Crippen molar-refractivity contribution in [1.82, 2.24) is 0 Å². The monoisotopic (exact) mass is 201 g/mol. The van der Waals surface area contributed by atoms with Gasteiger partial charge in [-0.3, -0.25) is 10.1 Å². The van der Waals surface area contributed by atoms with Crippen LogP contribution in [0.4, 0.5) is 5.69 Å². The summed E-state index contributed by atoms with van der Waals surface area (Å²) in [4.78, 5) is 9.59. The molecule has 0 aromatic heterocycles. The van der Waals surface area contributed by atoms with Gasteiger partial charge in [0.15, 0.2) is 0 Å². The van der Waals surface area contributed by atoms with Crippen LogP contribution in [-0.2, 0) is 0 Å². The van der Waals surface area contributed by atoms with Gasteiger partial charge in [0.05, 0.1) is 4.92 Å². The Kier molecular flexibility index (Phi) is 4.60. The fraction of sp³-hybridized carbons (Fsp3) is 0. The van der Waals surface area contributed by atoms with E-state index in [1.165, 1.54) is 12.1 Å². The molecule has 2 aromatic rings. The molecule has 0 saturated heterocycles. The molecular weight excluding hydrogens is 190 g/mol. The highest BCUT2D eigenvalue weighted by molar-refractivity contribution is 5.27. The molecule has 15 heavy (non-hydrogen) atoms. The number of rotatable bonds is 1. The first kappa shape index (κ1) is 10.9. The van der Waals surface area contributed by atoms with Crippen molar-refractivity contribution in [2.24, 2.45) is 0 Å². The molecule has 0 radical (unpaired) electrons. The topological polar surface area (TPSA) is 43.1 Å². The van der Waals surface area contributed by atoms with E-state index in [1.807, 2.05) is 36.4 Å². The number of benzene rings is 2. The van der Waals surface area contributed by atoms with Crippen molar-refractivity contribution in [3.63, 3.8) is 0 Å². The molecule has 3 nitrogen and oxygen atoms in total. The van der Waals surface area contributed by atoms with E-state index in [2.05, 4.69) is 0 Å².